The van der Waals surface area contributed by atoms with Crippen LogP contribution in [0.5, 0.6) is 0 Å². The Hall–Kier alpha value is -1.06. The summed E-state index contributed by atoms with van der Waals surface area (Å²) in [7, 11) is 1.40. The molecule has 96 valence electrons. The van der Waals surface area contributed by atoms with E-state index in [4.69, 9.17) is 4.74 Å². The average molecular weight is 238 g/mol. The van der Waals surface area contributed by atoms with Gasteiger partial charge in [-0.15, -0.1) is 0 Å². The molecule has 0 aromatic rings. The number of ether oxygens (including phenoxy) is 1. The highest BCUT2D eigenvalue weighted by Gasteiger charge is 2.62. The maximum atomic E-state index is 11.6. The molecular weight excluding hydrogens is 216 g/mol. The molecule has 4 heteroatoms. The predicted octanol–water partition coefficient (Wildman–Crippen LogP) is 2.09. The maximum Gasteiger partial charge on any atom is 0.354 e. The third kappa shape index (κ3) is 1.49. The summed E-state index contributed by atoms with van der Waals surface area (Å²) in [6, 6.07) is 0. The lowest BCUT2D eigenvalue weighted by Gasteiger charge is -2.46. The first-order valence-electron chi connectivity index (χ1n) is 6.18. The number of hydrogen-bond donors (Lipinski definition) is 1. The Morgan fingerprint density at radius 1 is 1.24 bits per heavy atom. The lowest BCUT2D eigenvalue weighted by atomic mass is 9.63. The van der Waals surface area contributed by atoms with E-state index in [0.29, 0.717) is 12.1 Å². The summed E-state index contributed by atoms with van der Waals surface area (Å²) >= 11 is 0. The molecule has 0 bridgehead atoms. The number of carbonyl (C=O) groups is 1. The topological polar surface area (TPSA) is 50.7 Å². The SMILES string of the molecule is COC(=O)C1=NNC2(C1)C(C)(C)CCC2(C)C. The molecule has 0 unspecified atom stereocenters. The van der Waals surface area contributed by atoms with Gasteiger partial charge in [0.05, 0.1) is 12.6 Å². The Labute approximate surface area is 103 Å². The molecule has 1 heterocycles. The monoisotopic (exact) mass is 238 g/mol. The summed E-state index contributed by atoms with van der Waals surface area (Å²) in [6.07, 6.45) is 2.97. The van der Waals surface area contributed by atoms with Gasteiger partial charge in [0.25, 0.3) is 0 Å². The van der Waals surface area contributed by atoms with E-state index in [1.54, 1.807) is 0 Å². The van der Waals surface area contributed by atoms with Crippen LogP contribution in [0, 0.1) is 10.8 Å². The van der Waals surface area contributed by atoms with Crippen molar-refractivity contribution < 1.29 is 9.53 Å². The third-order valence-electron chi connectivity index (χ3n) is 4.92. The van der Waals surface area contributed by atoms with E-state index in [2.05, 4.69) is 38.2 Å². The van der Waals surface area contributed by atoms with Crippen LogP contribution in [0.3, 0.4) is 0 Å². The minimum absolute atomic E-state index is 0.122. The summed E-state index contributed by atoms with van der Waals surface area (Å²) in [5, 5.41) is 4.23. The summed E-state index contributed by atoms with van der Waals surface area (Å²) in [4.78, 5) is 11.6. The minimum atomic E-state index is -0.312. The Balaban J connectivity index is 2.31. The molecular formula is C13H22N2O2. The maximum absolute atomic E-state index is 11.6. The van der Waals surface area contributed by atoms with Crippen LogP contribution in [-0.2, 0) is 9.53 Å². The van der Waals surface area contributed by atoms with Gasteiger partial charge in [-0.2, -0.15) is 5.10 Å². The lowest BCUT2D eigenvalue weighted by Crippen LogP contribution is -2.56. The van der Waals surface area contributed by atoms with E-state index >= 15 is 0 Å². The van der Waals surface area contributed by atoms with Crippen LogP contribution in [0.1, 0.15) is 47.0 Å². The number of hydrogen-bond acceptors (Lipinski definition) is 4. The standard InChI is InChI=1S/C13H22N2O2/c1-11(2)6-7-12(3,4)13(11)8-9(14-15-13)10(16)17-5/h15H,6-8H2,1-5H3. The van der Waals surface area contributed by atoms with Crippen LogP contribution in [-0.4, -0.2) is 24.3 Å². The van der Waals surface area contributed by atoms with Gasteiger partial charge in [0.15, 0.2) is 0 Å². The summed E-state index contributed by atoms with van der Waals surface area (Å²) < 4.78 is 4.76. The van der Waals surface area contributed by atoms with Crippen LogP contribution in [0.4, 0.5) is 0 Å². The molecule has 1 spiro atoms. The van der Waals surface area contributed by atoms with Crippen LogP contribution >= 0.6 is 0 Å². The number of nitrogens with zero attached hydrogens (tertiary/aromatic N) is 1. The van der Waals surface area contributed by atoms with Gasteiger partial charge in [0.2, 0.25) is 0 Å². The van der Waals surface area contributed by atoms with Gasteiger partial charge in [0.1, 0.15) is 5.71 Å². The van der Waals surface area contributed by atoms with Crippen molar-refractivity contribution in [2.45, 2.75) is 52.5 Å². The molecule has 0 amide bonds. The van der Waals surface area contributed by atoms with Gasteiger partial charge in [-0.05, 0) is 23.7 Å². The zero-order valence-corrected chi connectivity index (χ0v) is 11.4. The first kappa shape index (κ1) is 12.4. The normalized spacial score (nSPS) is 27.7. The van der Waals surface area contributed by atoms with Crippen LogP contribution < -0.4 is 5.43 Å². The fourth-order valence-corrected chi connectivity index (χ4v) is 3.48. The molecule has 1 N–H and O–H groups in total. The second kappa shape index (κ2) is 3.47. The van der Waals surface area contributed by atoms with Crippen molar-refractivity contribution in [1.29, 1.82) is 0 Å². The number of rotatable bonds is 1. The molecule has 2 rings (SSSR count). The largest absolute Gasteiger partial charge is 0.464 e. The fraction of sp³-hybridized carbons (Fsp3) is 0.846. The number of esters is 1. The number of hydrazone groups is 1. The van der Waals surface area contributed by atoms with Gasteiger partial charge in [-0.1, -0.05) is 27.7 Å². The number of carbonyl (C=O) groups excluding carboxylic acids is 1. The van der Waals surface area contributed by atoms with Crippen LogP contribution in [0.25, 0.3) is 0 Å². The molecule has 1 fully saturated rings. The van der Waals surface area contributed by atoms with E-state index in [-0.39, 0.29) is 22.3 Å². The summed E-state index contributed by atoms with van der Waals surface area (Å²) in [5.74, 6) is -0.312. The molecule has 0 atom stereocenters. The second-order valence-electron chi connectivity index (χ2n) is 6.51. The van der Waals surface area contributed by atoms with E-state index in [0.717, 1.165) is 12.8 Å². The average Bonchev–Trinajstić information content (AvgIpc) is 2.78. The zero-order valence-electron chi connectivity index (χ0n) is 11.4. The molecule has 0 aromatic heterocycles. The Morgan fingerprint density at radius 2 is 1.76 bits per heavy atom. The molecule has 0 aromatic carbocycles. The van der Waals surface area contributed by atoms with E-state index in [1.165, 1.54) is 7.11 Å². The lowest BCUT2D eigenvalue weighted by molar-refractivity contribution is -0.132. The van der Waals surface area contributed by atoms with Crippen LogP contribution in [0.2, 0.25) is 0 Å². The zero-order chi connectivity index (χ0) is 12.9. The van der Waals surface area contributed by atoms with Crippen molar-refractivity contribution in [3.63, 3.8) is 0 Å². The molecule has 2 aliphatic rings. The smallest absolute Gasteiger partial charge is 0.354 e. The van der Waals surface area contributed by atoms with Crippen molar-refractivity contribution in [3.05, 3.63) is 0 Å². The third-order valence-corrected chi connectivity index (χ3v) is 4.92. The second-order valence-corrected chi connectivity index (χ2v) is 6.51. The van der Waals surface area contributed by atoms with Gasteiger partial charge in [-0.25, -0.2) is 4.79 Å². The van der Waals surface area contributed by atoms with Crippen molar-refractivity contribution in [1.82, 2.24) is 5.43 Å². The molecule has 17 heavy (non-hydrogen) atoms. The first-order valence-corrected chi connectivity index (χ1v) is 6.18. The van der Waals surface area contributed by atoms with Gasteiger partial charge in [0, 0.05) is 6.42 Å². The molecule has 1 saturated carbocycles. The molecule has 1 aliphatic heterocycles. The molecule has 0 saturated heterocycles. The first-order chi connectivity index (χ1) is 7.76. The van der Waals surface area contributed by atoms with E-state index in [1.807, 2.05) is 0 Å². The van der Waals surface area contributed by atoms with Crippen LogP contribution in [0.15, 0.2) is 5.10 Å². The van der Waals surface area contributed by atoms with Gasteiger partial charge in [-0.3, -0.25) is 0 Å². The van der Waals surface area contributed by atoms with Gasteiger partial charge < -0.3 is 10.2 Å². The Morgan fingerprint density at radius 3 is 2.24 bits per heavy atom. The molecule has 1 aliphatic carbocycles. The van der Waals surface area contributed by atoms with Crippen molar-refractivity contribution >= 4 is 11.7 Å². The predicted molar refractivity (Wildman–Crippen MR) is 66.7 cm³/mol. The van der Waals surface area contributed by atoms with E-state index < -0.39 is 0 Å². The van der Waals surface area contributed by atoms with Crippen molar-refractivity contribution in [3.8, 4) is 0 Å². The molecule has 4 nitrogen and oxygen atoms in total. The Kier molecular flexibility index (Phi) is 2.53. The highest BCUT2D eigenvalue weighted by molar-refractivity contribution is 6.37. The van der Waals surface area contributed by atoms with E-state index in [9.17, 15) is 4.79 Å². The van der Waals surface area contributed by atoms with Crippen molar-refractivity contribution in [2.75, 3.05) is 7.11 Å². The number of methoxy groups -OCH3 is 1. The van der Waals surface area contributed by atoms with Gasteiger partial charge >= 0.3 is 5.97 Å². The number of nitrogens with one attached hydrogen (secondary N) is 1. The quantitative estimate of drug-likeness (QED) is 0.712. The Bertz CT molecular complexity index is 367. The van der Waals surface area contributed by atoms with Crippen molar-refractivity contribution in [2.24, 2.45) is 15.9 Å². The minimum Gasteiger partial charge on any atom is -0.464 e. The summed E-state index contributed by atoms with van der Waals surface area (Å²) in [6.45, 7) is 9.02. The highest BCUT2D eigenvalue weighted by atomic mass is 16.5. The fourth-order valence-electron chi connectivity index (χ4n) is 3.48. The summed E-state index contributed by atoms with van der Waals surface area (Å²) in [5.41, 5.74) is 3.94. The molecule has 0 radical (unpaired) electrons. The highest BCUT2D eigenvalue weighted by Crippen LogP contribution is 2.59.